The number of anilines is 1. The second-order valence-corrected chi connectivity index (χ2v) is 8.54. The number of thiazole rings is 1. The Morgan fingerprint density at radius 1 is 1.36 bits per heavy atom. The molecule has 2 atom stereocenters. The van der Waals surface area contributed by atoms with E-state index in [9.17, 15) is 9.59 Å². The van der Waals surface area contributed by atoms with Crippen molar-refractivity contribution in [2.75, 3.05) is 11.4 Å². The van der Waals surface area contributed by atoms with Crippen molar-refractivity contribution in [3.8, 4) is 17.0 Å². The predicted octanol–water partition coefficient (Wildman–Crippen LogP) is 3.85. The van der Waals surface area contributed by atoms with Gasteiger partial charge in [-0.05, 0) is 51.8 Å². The second kappa shape index (κ2) is 8.31. The number of hydrogen-bond acceptors (Lipinski definition) is 5. The summed E-state index contributed by atoms with van der Waals surface area (Å²) in [4.78, 5) is 32.7. The van der Waals surface area contributed by atoms with Gasteiger partial charge in [-0.2, -0.15) is 0 Å². The summed E-state index contributed by atoms with van der Waals surface area (Å²) in [6, 6.07) is 5.79. The average Bonchev–Trinajstić information content (AvgIpc) is 3.01. The van der Waals surface area contributed by atoms with Crippen LogP contribution in [0.3, 0.4) is 0 Å². The van der Waals surface area contributed by atoms with Crippen LogP contribution in [0, 0.1) is 13.8 Å². The van der Waals surface area contributed by atoms with Crippen LogP contribution >= 0.6 is 11.3 Å². The van der Waals surface area contributed by atoms with E-state index in [1.807, 2.05) is 52.8 Å². The Labute approximate surface area is 169 Å². The number of nitrogens with zero attached hydrogens (tertiary/aromatic N) is 2. The third kappa shape index (κ3) is 4.04. The molecule has 150 valence electrons. The third-order valence-corrected chi connectivity index (χ3v) is 5.82. The molecule has 1 aromatic heterocycles. The fraction of sp³-hybridized carbons (Fsp3) is 0.476. The maximum atomic E-state index is 12.9. The molecule has 1 aliphatic rings. The summed E-state index contributed by atoms with van der Waals surface area (Å²) in [5.41, 5.74) is 2.44. The van der Waals surface area contributed by atoms with E-state index in [1.54, 1.807) is 16.2 Å². The summed E-state index contributed by atoms with van der Waals surface area (Å²) < 4.78 is 5.89. The monoisotopic (exact) mass is 401 g/mol. The van der Waals surface area contributed by atoms with Gasteiger partial charge in [0.2, 0.25) is 5.91 Å². The average molecular weight is 402 g/mol. The van der Waals surface area contributed by atoms with Gasteiger partial charge in [-0.3, -0.25) is 14.5 Å². The van der Waals surface area contributed by atoms with Crippen molar-refractivity contribution in [1.29, 1.82) is 0 Å². The third-order valence-electron chi connectivity index (χ3n) is 4.93. The number of rotatable bonds is 6. The van der Waals surface area contributed by atoms with Crippen LogP contribution in [-0.4, -0.2) is 35.5 Å². The summed E-state index contributed by atoms with van der Waals surface area (Å²) in [5.74, 6) is 0.269. The van der Waals surface area contributed by atoms with Gasteiger partial charge in [0.05, 0.1) is 16.4 Å². The highest BCUT2D eigenvalue weighted by Gasteiger charge is 2.35. The lowest BCUT2D eigenvalue weighted by atomic mass is 10.1. The molecule has 2 amide bonds. The number of aromatic nitrogens is 1. The lowest BCUT2D eigenvalue weighted by Gasteiger charge is -2.34. The first-order valence-corrected chi connectivity index (χ1v) is 10.5. The lowest BCUT2D eigenvalue weighted by Crippen LogP contribution is -2.50. The van der Waals surface area contributed by atoms with Crippen molar-refractivity contribution in [3.63, 3.8) is 0 Å². The highest BCUT2D eigenvalue weighted by atomic mass is 32.1. The summed E-state index contributed by atoms with van der Waals surface area (Å²) >= 11 is 1.64. The minimum absolute atomic E-state index is 0.0193. The van der Waals surface area contributed by atoms with Crippen molar-refractivity contribution in [3.05, 3.63) is 28.1 Å². The lowest BCUT2D eigenvalue weighted by molar-refractivity contribution is -0.129. The zero-order valence-electron chi connectivity index (χ0n) is 17.0. The number of ether oxygens (including phenoxy) is 1. The van der Waals surface area contributed by atoms with Crippen molar-refractivity contribution in [1.82, 2.24) is 10.3 Å². The van der Waals surface area contributed by atoms with Crippen LogP contribution < -0.4 is 15.0 Å². The largest absolute Gasteiger partial charge is 0.478 e. The van der Waals surface area contributed by atoms with Gasteiger partial charge < -0.3 is 10.1 Å². The second-order valence-electron chi connectivity index (χ2n) is 7.14. The Kier molecular flexibility index (Phi) is 6.03. The van der Waals surface area contributed by atoms with E-state index >= 15 is 0 Å². The molecule has 0 spiro atoms. The van der Waals surface area contributed by atoms with E-state index in [4.69, 9.17) is 4.74 Å². The molecule has 1 aromatic carbocycles. The zero-order valence-corrected chi connectivity index (χ0v) is 17.9. The summed E-state index contributed by atoms with van der Waals surface area (Å²) in [6.07, 6.45) is 0.815. The number of aryl methyl sites for hydroxylation is 2. The van der Waals surface area contributed by atoms with Gasteiger partial charge in [-0.15, -0.1) is 11.3 Å². The topological polar surface area (TPSA) is 71.5 Å². The molecular weight excluding hydrogens is 374 g/mol. The van der Waals surface area contributed by atoms with Crippen LogP contribution in [0.5, 0.6) is 5.75 Å². The zero-order chi connectivity index (χ0) is 20.4. The number of nitrogens with one attached hydrogen (secondary N) is 1. The van der Waals surface area contributed by atoms with Crippen molar-refractivity contribution in [2.45, 2.75) is 59.6 Å². The molecule has 0 saturated carbocycles. The first-order valence-electron chi connectivity index (χ1n) is 9.69. The van der Waals surface area contributed by atoms with Gasteiger partial charge in [0, 0.05) is 16.5 Å². The van der Waals surface area contributed by atoms with E-state index < -0.39 is 6.10 Å². The van der Waals surface area contributed by atoms with Crippen LogP contribution in [0.4, 0.5) is 5.69 Å². The molecule has 7 heteroatoms. The van der Waals surface area contributed by atoms with Crippen molar-refractivity contribution in [2.24, 2.45) is 0 Å². The number of fused-ring (bicyclic) bond motifs is 1. The summed E-state index contributed by atoms with van der Waals surface area (Å²) in [5, 5.41) is 3.93. The van der Waals surface area contributed by atoms with Gasteiger partial charge in [0.1, 0.15) is 12.3 Å². The molecule has 0 bridgehead atoms. The number of hydrogen-bond donors (Lipinski definition) is 1. The van der Waals surface area contributed by atoms with E-state index in [0.717, 1.165) is 27.6 Å². The van der Waals surface area contributed by atoms with Crippen LogP contribution in [-0.2, 0) is 9.59 Å². The molecule has 2 heterocycles. The molecular formula is C21H27N3O3S. The first kappa shape index (κ1) is 20.3. The van der Waals surface area contributed by atoms with Gasteiger partial charge in [-0.25, -0.2) is 4.98 Å². The fourth-order valence-electron chi connectivity index (χ4n) is 3.26. The van der Waals surface area contributed by atoms with E-state index in [0.29, 0.717) is 17.9 Å². The number of amides is 2. The fourth-order valence-corrected chi connectivity index (χ4v) is 4.10. The smallest absolute Gasteiger partial charge is 0.268 e. The van der Waals surface area contributed by atoms with Crippen molar-refractivity contribution >= 4 is 28.8 Å². The highest BCUT2D eigenvalue weighted by Crippen LogP contribution is 2.39. The van der Waals surface area contributed by atoms with Gasteiger partial charge in [-0.1, -0.05) is 13.8 Å². The Balaban J connectivity index is 1.97. The van der Waals surface area contributed by atoms with Crippen LogP contribution in [0.2, 0.25) is 0 Å². The molecule has 6 nitrogen and oxygen atoms in total. The molecule has 0 saturated heterocycles. The molecule has 0 aliphatic carbocycles. The van der Waals surface area contributed by atoms with Crippen LogP contribution in [0.25, 0.3) is 11.3 Å². The standard InChI is InChI=1S/C21H27N3O3S/c1-6-12(3)22-19(25)11-24-16-10-15(20-13(4)28-14(5)23-20)8-9-18(16)27-17(7-2)21(24)26/h8-10,12,17H,6-7,11H2,1-5H3,(H,22,25). The van der Waals surface area contributed by atoms with Crippen molar-refractivity contribution < 1.29 is 14.3 Å². The maximum Gasteiger partial charge on any atom is 0.268 e. The van der Waals surface area contributed by atoms with Gasteiger partial charge in [0.15, 0.2) is 6.10 Å². The molecule has 0 fully saturated rings. The number of benzene rings is 1. The van der Waals surface area contributed by atoms with E-state index in [1.165, 1.54) is 0 Å². The Morgan fingerprint density at radius 2 is 2.11 bits per heavy atom. The predicted molar refractivity (Wildman–Crippen MR) is 112 cm³/mol. The molecule has 28 heavy (non-hydrogen) atoms. The Bertz CT molecular complexity index is 893. The quantitative estimate of drug-likeness (QED) is 0.798. The molecule has 1 N–H and O–H groups in total. The SMILES string of the molecule is CCC(C)NC(=O)CN1C(=O)C(CC)Oc2ccc(-c3nc(C)sc3C)cc21. The highest BCUT2D eigenvalue weighted by molar-refractivity contribution is 7.11. The summed E-state index contributed by atoms with van der Waals surface area (Å²) in [6.45, 7) is 9.86. The van der Waals surface area contributed by atoms with E-state index in [2.05, 4.69) is 10.3 Å². The first-order chi connectivity index (χ1) is 13.3. The Hall–Kier alpha value is -2.41. The van der Waals surface area contributed by atoms with Crippen LogP contribution in [0.1, 0.15) is 43.5 Å². The molecule has 1 aliphatic heterocycles. The number of carbonyl (C=O) groups is 2. The number of carbonyl (C=O) groups excluding carboxylic acids is 2. The molecule has 0 radical (unpaired) electrons. The van der Waals surface area contributed by atoms with E-state index in [-0.39, 0.29) is 24.4 Å². The van der Waals surface area contributed by atoms with Crippen LogP contribution in [0.15, 0.2) is 18.2 Å². The maximum absolute atomic E-state index is 12.9. The minimum atomic E-state index is -0.571. The minimum Gasteiger partial charge on any atom is -0.478 e. The van der Waals surface area contributed by atoms with Gasteiger partial charge >= 0.3 is 0 Å². The molecule has 2 unspecified atom stereocenters. The van der Waals surface area contributed by atoms with Gasteiger partial charge in [0.25, 0.3) is 5.91 Å². The normalized spacial score (nSPS) is 17.1. The summed E-state index contributed by atoms with van der Waals surface area (Å²) in [7, 11) is 0. The molecule has 3 rings (SSSR count). The Morgan fingerprint density at radius 3 is 2.71 bits per heavy atom. The molecule has 2 aromatic rings.